The molecular formula is C20H22N3O4+. The zero-order chi connectivity index (χ0) is 19.0. The lowest BCUT2D eigenvalue weighted by atomic mass is 10.1. The number of benzene rings is 1. The van der Waals surface area contributed by atoms with Gasteiger partial charge in [-0.2, -0.15) is 0 Å². The molecule has 4 rings (SSSR count). The molecule has 1 aromatic carbocycles. The second-order valence-electron chi connectivity index (χ2n) is 7.09. The Labute approximate surface area is 157 Å². The van der Waals surface area contributed by atoms with Gasteiger partial charge < -0.3 is 14.2 Å². The second kappa shape index (κ2) is 7.00. The van der Waals surface area contributed by atoms with Crippen molar-refractivity contribution in [2.24, 2.45) is 0 Å². The van der Waals surface area contributed by atoms with Crippen molar-refractivity contribution in [3.63, 3.8) is 0 Å². The highest BCUT2D eigenvalue weighted by Gasteiger charge is 2.46. The molecule has 0 radical (unpaired) electrons. The summed E-state index contributed by atoms with van der Waals surface area (Å²) in [6, 6.07) is 10.4. The SMILES string of the molecule is Cc1cccc(N2C(=O)C[C@@H]([NH+]3CCN(C(=O)c4ccco4)CC3)C2=O)c1. The number of imide groups is 1. The standard InChI is InChI=1S/C20H21N3O4/c1-14-4-2-5-15(12-14)23-18(24)13-16(19(23)25)21-7-9-22(10-8-21)20(26)17-6-3-11-27-17/h2-6,11-12,16H,7-10,13H2,1H3/p+1/t16-/m1/s1. The Morgan fingerprint density at radius 3 is 2.59 bits per heavy atom. The van der Waals surface area contributed by atoms with Crippen LogP contribution in [0.5, 0.6) is 0 Å². The van der Waals surface area contributed by atoms with Crippen molar-refractivity contribution < 1.29 is 23.7 Å². The van der Waals surface area contributed by atoms with Crippen molar-refractivity contribution in [1.82, 2.24) is 4.90 Å². The molecule has 1 N–H and O–H groups in total. The number of quaternary nitrogens is 1. The van der Waals surface area contributed by atoms with Crippen LogP contribution in [0.25, 0.3) is 0 Å². The van der Waals surface area contributed by atoms with E-state index in [1.807, 2.05) is 25.1 Å². The molecule has 2 aromatic rings. The van der Waals surface area contributed by atoms with Gasteiger partial charge in [-0.1, -0.05) is 12.1 Å². The third-order valence-electron chi connectivity index (χ3n) is 5.32. The van der Waals surface area contributed by atoms with Crippen molar-refractivity contribution in [1.29, 1.82) is 0 Å². The first-order valence-corrected chi connectivity index (χ1v) is 9.15. The van der Waals surface area contributed by atoms with Gasteiger partial charge in [0.05, 0.1) is 44.6 Å². The minimum atomic E-state index is -0.376. The molecule has 140 valence electrons. The monoisotopic (exact) mass is 368 g/mol. The number of rotatable bonds is 3. The summed E-state index contributed by atoms with van der Waals surface area (Å²) >= 11 is 0. The Bertz CT molecular complexity index is 869. The number of piperazine rings is 1. The van der Waals surface area contributed by atoms with E-state index in [1.54, 1.807) is 23.1 Å². The fourth-order valence-corrected chi connectivity index (χ4v) is 3.89. The van der Waals surface area contributed by atoms with Gasteiger partial charge in [0.15, 0.2) is 11.8 Å². The van der Waals surface area contributed by atoms with Crippen LogP contribution in [-0.4, -0.2) is 54.8 Å². The van der Waals surface area contributed by atoms with Crippen LogP contribution in [0.2, 0.25) is 0 Å². The fourth-order valence-electron chi connectivity index (χ4n) is 3.89. The molecule has 3 amide bonds. The van der Waals surface area contributed by atoms with Gasteiger partial charge in [-0.15, -0.1) is 0 Å². The van der Waals surface area contributed by atoms with E-state index in [2.05, 4.69) is 0 Å². The molecule has 2 saturated heterocycles. The number of anilines is 1. The van der Waals surface area contributed by atoms with Crippen LogP contribution >= 0.6 is 0 Å². The molecule has 0 saturated carbocycles. The smallest absolute Gasteiger partial charge is 0.292 e. The first-order valence-electron chi connectivity index (χ1n) is 9.15. The number of hydrogen-bond acceptors (Lipinski definition) is 4. The average molecular weight is 368 g/mol. The number of hydrogen-bond donors (Lipinski definition) is 1. The molecule has 0 aliphatic carbocycles. The number of nitrogens with zero attached hydrogens (tertiary/aromatic N) is 2. The zero-order valence-electron chi connectivity index (χ0n) is 15.2. The molecule has 7 heteroatoms. The summed E-state index contributed by atoms with van der Waals surface area (Å²) in [6.07, 6.45) is 1.70. The molecule has 1 atom stereocenters. The normalized spacial score (nSPS) is 21.1. The van der Waals surface area contributed by atoms with Crippen molar-refractivity contribution >= 4 is 23.4 Å². The first kappa shape index (κ1) is 17.5. The van der Waals surface area contributed by atoms with Crippen molar-refractivity contribution in [2.75, 3.05) is 31.1 Å². The van der Waals surface area contributed by atoms with E-state index in [-0.39, 0.29) is 30.2 Å². The van der Waals surface area contributed by atoms with Crippen LogP contribution in [0.3, 0.4) is 0 Å². The predicted molar refractivity (Wildman–Crippen MR) is 97.4 cm³/mol. The molecule has 3 heterocycles. The number of furan rings is 1. The van der Waals surface area contributed by atoms with Gasteiger partial charge in [-0.3, -0.25) is 14.4 Å². The van der Waals surface area contributed by atoms with Gasteiger partial charge in [-0.25, -0.2) is 4.90 Å². The van der Waals surface area contributed by atoms with Gasteiger partial charge in [-0.05, 0) is 36.8 Å². The highest BCUT2D eigenvalue weighted by molar-refractivity contribution is 6.21. The topological polar surface area (TPSA) is 75.3 Å². The number of amides is 3. The lowest BCUT2D eigenvalue weighted by Gasteiger charge is -2.34. The summed E-state index contributed by atoms with van der Waals surface area (Å²) in [5.74, 6) is -0.103. The molecule has 2 fully saturated rings. The summed E-state index contributed by atoms with van der Waals surface area (Å²) < 4.78 is 5.18. The van der Waals surface area contributed by atoms with Gasteiger partial charge in [0.2, 0.25) is 5.91 Å². The van der Waals surface area contributed by atoms with Crippen LogP contribution < -0.4 is 9.80 Å². The van der Waals surface area contributed by atoms with E-state index in [4.69, 9.17) is 4.42 Å². The van der Waals surface area contributed by atoms with E-state index in [9.17, 15) is 14.4 Å². The summed E-state index contributed by atoms with van der Waals surface area (Å²) in [7, 11) is 0. The average Bonchev–Trinajstić information content (AvgIpc) is 3.30. The van der Waals surface area contributed by atoms with Gasteiger partial charge >= 0.3 is 0 Å². The van der Waals surface area contributed by atoms with Gasteiger partial charge in [0.25, 0.3) is 11.8 Å². The second-order valence-corrected chi connectivity index (χ2v) is 7.09. The van der Waals surface area contributed by atoms with Crippen LogP contribution in [0, 0.1) is 6.92 Å². The van der Waals surface area contributed by atoms with Crippen molar-refractivity contribution in [3.8, 4) is 0 Å². The Morgan fingerprint density at radius 2 is 1.93 bits per heavy atom. The van der Waals surface area contributed by atoms with E-state index in [1.165, 1.54) is 11.2 Å². The number of nitrogens with one attached hydrogen (secondary N) is 1. The summed E-state index contributed by atoms with van der Waals surface area (Å²) in [4.78, 5) is 41.9. The molecule has 2 aliphatic heterocycles. The summed E-state index contributed by atoms with van der Waals surface area (Å²) in [5.41, 5.74) is 1.65. The molecule has 0 bridgehead atoms. The molecule has 2 aliphatic rings. The Morgan fingerprint density at radius 1 is 1.15 bits per heavy atom. The maximum absolute atomic E-state index is 12.9. The number of aryl methyl sites for hydroxylation is 1. The van der Waals surface area contributed by atoms with E-state index >= 15 is 0 Å². The number of carbonyl (C=O) groups excluding carboxylic acids is 3. The maximum atomic E-state index is 12.9. The molecule has 0 spiro atoms. The minimum absolute atomic E-state index is 0.130. The maximum Gasteiger partial charge on any atom is 0.292 e. The fraction of sp³-hybridized carbons (Fsp3) is 0.350. The number of carbonyl (C=O) groups is 3. The van der Waals surface area contributed by atoms with Gasteiger partial charge in [0, 0.05) is 0 Å². The van der Waals surface area contributed by atoms with E-state index < -0.39 is 0 Å². The molecule has 27 heavy (non-hydrogen) atoms. The predicted octanol–water partition coefficient (Wildman–Crippen LogP) is 0.261. The van der Waals surface area contributed by atoms with Gasteiger partial charge in [0.1, 0.15) is 0 Å². The zero-order valence-corrected chi connectivity index (χ0v) is 15.2. The Balaban J connectivity index is 1.42. The molecule has 7 nitrogen and oxygen atoms in total. The van der Waals surface area contributed by atoms with Crippen molar-refractivity contribution in [3.05, 3.63) is 54.0 Å². The summed E-state index contributed by atoms with van der Waals surface area (Å²) in [6.45, 7) is 4.29. The highest BCUT2D eigenvalue weighted by atomic mass is 16.3. The van der Waals surface area contributed by atoms with E-state index in [0.717, 1.165) is 10.5 Å². The minimum Gasteiger partial charge on any atom is -0.459 e. The van der Waals surface area contributed by atoms with E-state index in [0.29, 0.717) is 37.6 Å². The highest BCUT2D eigenvalue weighted by Crippen LogP contribution is 2.23. The third-order valence-corrected chi connectivity index (χ3v) is 5.32. The van der Waals surface area contributed by atoms with Crippen LogP contribution in [0.4, 0.5) is 5.69 Å². The molecule has 1 aromatic heterocycles. The third kappa shape index (κ3) is 3.26. The molecule has 0 unspecified atom stereocenters. The summed E-state index contributed by atoms with van der Waals surface area (Å²) in [5, 5.41) is 0. The largest absolute Gasteiger partial charge is 0.459 e. The lowest BCUT2D eigenvalue weighted by Crippen LogP contribution is -3.19. The Hall–Kier alpha value is -2.93. The Kier molecular flexibility index (Phi) is 4.53. The molecular weight excluding hydrogens is 346 g/mol. The van der Waals surface area contributed by atoms with Crippen molar-refractivity contribution in [2.45, 2.75) is 19.4 Å². The van der Waals surface area contributed by atoms with Crippen LogP contribution in [-0.2, 0) is 9.59 Å². The van der Waals surface area contributed by atoms with Crippen LogP contribution in [0.15, 0.2) is 47.1 Å². The first-order chi connectivity index (χ1) is 13.0. The van der Waals surface area contributed by atoms with Crippen LogP contribution in [0.1, 0.15) is 22.5 Å². The quantitative estimate of drug-likeness (QED) is 0.789. The lowest BCUT2D eigenvalue weighted by molar-refractivity contribution is -0.918.